The second kappa shape index (κ2) is 5.41. The van der Waals surface area contributed by atoms with Crippen LogP contribution in [0.5, 0.6) is 0 Å². The van der Waals surface area contributed by atoms with E-state index in [9.17, 15) is 4.79 Å². The van der Waals surface area contributed by atoms with Crippen LogP contribution in [0.4, 0.5) is 0 Å². The molecule has 3 rings (SSSR count). The van der Waals surface area contributed by atoms with E-state index in [1.54, 1.807) is 0 Å². The second-order valence-corrected chi connectivity index (χ2v) is 6.58. The van der Waals surface area contributed by atoms with Crippen molar-refractivity contribution in [2.75, 3.05) is 6.61 Å². The minimum Gasteiger partial charge on any atom is -0.465 e. The number of carbonyl (C=O) groups excluding carboxylic acids is 1. The van der Waals surface area contributed by atoms with E-state index in [4.69, 9.17) is 4.74 Å². The van der Waals surface area contributed by atoms with Crippen LogP contribution in [-0.2, 0) is 9.53 Å². The number of rotatable bonds is 5. The molecule has 0 spiro atoms. The van der Waals surface area contributed by atoms with Gasteiger partial charge in [0.25, 0.3) is 0 Å². The fraction of sp³-hybridized carbons (Fsp3) is 0.933. The maximum Gasteiger partial charge on any atom is 0.305 e. The van der Waals surface area contributed by atoms with Gasteiger partial charge in [-0.15, -0.1) is 0 Å². The lowest BCUT2D eigenvalue weighted by molar-refractivity contribution is -0.150. The molecular weight excluding hydrogens is 212 g/mol. The lowest BCUT2D eigenvalue weighted by Gasteiger charge is -2.46. The minimum absolute atomic E-state index is 0.0146. The molecule has 98 valence electrons. The quantitative estimate of drug-likeness (QED) is 0.678. The summed E-state index contributed by atoms with van der Waals surface area (Å²) in [5, 5.41) is 0. The zero-order valence-corrected chi connectivity index (χ0v) is 11.3. The molecule has 0 aromatic rings. The van der Waals surface area contributed by atoms with Crippen LogP contribution in [0.2, 0.25) is 0 Å². The average Bonchev–Trinajstić information content (AvgIpc) is 2.36. The summed E-state index contributed by atoms with van der Waals surface area (Å²) in [5.74, 6) is 1.58. The Kier molecular flexibility index (Phi) is 4.11. The summed E-state index contributed by atoms with van der Waals surface area (Å²) < 4.78 is 5.51. The normalized spacial score (nSPS) is 31.8. The van der Waals surface area contributed by atoms with Gasteiger partial charge in [-0.05, 0) is 56.8 Å². The van der Waals surface area contributed by atoms with Crippen LogP contribution in [0.1, 0.15) is 65.2 Å². The number of esters is 1. The van der Waals surface area contributed by atoms with Crippen molar-refractivity contribution in [2.45, 2.75) is 65.2 Å². The van der Waals surface area contributed by atoms with E-state index in [0.717, 1.165) is 12.3 Å². The van der Waals surface area contributed by atoms with Gasteiger partial charge in [0.2, 0.25) is 0 Å². The molecule has 0 unspecified atom stereocenters. The van der Waals surface area contributed by atoms with Gasteiger partial charge < -0.3 is 4.74 Å². The summed E-state index contributed by atoms with van der Waals surface area (Å²) in [7, 11) is 0. The van der Waals surface area contributed by atoms with E-state index < -0.39 is 0 Å². The largest absolute Gasteiger partial charge is 0.465 e. The first kappa shape index (κ1) is 12.9. The molecule has 0 amide bonds. The number of fused-ring (bicyclic) bond motifs is 3. The highest BCUT2D eigenvalue weighted by Crippen LogP contribution is 2.50. The Balaban J connectivity index is 1.72. The summed E-state index contributed by atoms with van der Waals surface area (Å²) in [6.45, 7) is 4.99. The summed E-state index contributed by atoms with van der Waals surface area (Å²) in [6, 6.07) is 0. The maximum atomic E-state index is 11.6. The van der Waals surface area contributed by atoms with Crippen LogP contribution in [0.15, 0.2) is 0 Å². The summed E-state index contributed by atoms with van der Waals surface area (Å²) in [6.07, 6.45) is 9.50. The third-order valence-electron chi connectivity index (χ3n) is 4.71. The number of hydrogen-bond donors (Lipinski definition) is 0. The van der Waals surface area contributed by atoms with Crippen molar-refractivity contribution >= 4 is 5.97 Å². The Hall–Kier alpha value is -0.530. The maximum absolute atomic E-state index is 11.6. The lowest BCUT2D eigenvalue weighted by Crippen LogP contribution is -2.38. The smallest absolute Gasteiger partial charge is 0.305 e. The highest BCUT2D eigenvalue weighted by molar-refractivity contribution is 5.69. The van der Waals surface area contributed by atoms with Crippen LogP contribution in [-0.4, -0.2) is 12.6 Å². The van der Waals surface area contributed by atoms with Gasteiger partial charge in [0.15, 0.2) is 0 Å². The third-order valence-corrected chi connectivity index (χ3v) is 4.71. The van der Waals surface area contributed by atoms with E-state index >= 15 is 0 Å². The fourth-order valence-corrected chi connectivity index (χ4v) is 3.27. The zero-order valence-electron chi connectivity index (χ0n) is 11.3. The minimum atomic E-state index is 0.0146. The molecule has 0 saturated heterocycles. The summed E-state index contributed by atoms with van der Waals surface area (Å²) in [5.41, 5.74) is 0.363. The first-order valence-corrected chi connectivity index (χ1v) is 7.25. The van der Waals surface area contributed by atoms with Crippen LogP contribution >= 0.6 is 0 Å². The topological polar surface area (TPSA) is 26.3 Å². The molecule has 2 heteroatoms. The molecule has 2 nitrogen and oxygen atoms in total. The molecule has 3 fully saturated rings. The Morgan fingerprint density at radius 2 is 1.82 bits per heavy atom. The molecule has 3 aliphatic carbocycles. The monoisotopic (exact) mass is 238 g/mol. The SMILES string of the molecule is CC(C)CCC(=O)OCC12CCC(CC1)CC2. The molecular formula is C15H26O2. The van der Waals surface area contributed by atoms with E-state index in [1.807, 2.05) is 0 Å². The molecule has 0 heterocycles. The first-order valence-electron chi connectivity index (χ1n) is 7.25. The standard InChI is InChI=1S/C15H26O2/c1-12(2)3-4-14(16)17-11-15-8-5-13(6-9-15)7-10-15/h12-13H,3-11H2,1-2H3. The molecule has 0 aromatic carbocycles. The number of carbonyl (C=O) groups is 1. The van der Waals surface area contributed by atoms with Gasteiger partial charge in [0.05, 0.1) is 6.61 Å². The van der Waals surface area contributed by atoms with Gasteiger partial charge in [-0.3, -0.25) is 4.79 Å². The third kappa shape index (κ3) is 3.46. The van der Waals surface area contributed by atoms with Gasteiger partial charge in [0.1, 0.15) is 0 Å². The number of ether oxygens (including phenoxy) is 1. The van der Waals surface area contributed by atoms with Gasteiger partial charge in [-0.25, -0.2) is 0 Å². The van der Waals surface area contributed by atoms with Crippen molar-refractivity contribution in [3.05, 3.63) is 0 Å². The van der Waals surface area contributed by atoms with Gasteiger partial charge in [0, 0.05) is 11.8 Å². The van der Waals surface area contributed by atoms with Crippen LogP contribution in [0.25, 0.3) is 0 Å². The molecule has 0 N–H and O–H groups in total. The van der Waals surface area contributed by atoms with Crippen LogP contribution < -0.4 is 0 Å². The van der Waals surface area contributed by atoms with E-state index in [2.05, 4.69) is 13.8 Å². The van der Waals surface area contributed by atoms with Gasteiger partial charge in [-0.2, -0.15) is 0 Å². The Morgan fingerprint density at radius 3 is 2.35 bits per heavy atom. The predicted molar refractivity (Wildman–Crippen MR) is 68.7 cm³/mol. The van der Waals surface area contributed by atoms with Crippen molar-refractivity contribution in [3.8, 4) is 0 Å². The van der Waals surface area contributed by atoms with Crippen molar-refractivity contribution < 1.29 is 9.53 Å². The van der Waals surface area contributed by atoms with Crippen LogP contribution in [0.3, 0.4) is 0 Å². The fourth-order valence-electron chi connectivity index (χ4n) is 3.27. The first-order chi connectivity index (χ1) is 8.10. The lowest BCUT2D eigenvalue weighted by atomic mass is 9.61. The van der Waals surface area contributed by atoms with Crippen molar-refractivity contribution in [2.24, 2.45) is 17.3 Å². The summed E-state index contributed by atoms with van der Waals surface area (Å²) in [4.78, 5) is 11.6. The molecule has 0 radical (unpaired) electrons. The van der Waals surface area contributed by atoms with Gasteiger partial charge in [-0.1, -0.05) is 13.8 Å². The molecule has 17 heavy (non-hydrogen) atoms. The highest BCUT2D eigenvalue weighted by atomic mass is 16.5. The van der Waals surface area contributed by atoms with Crippen molar-refractivity contribution in [1.82, 2.24) is 0 Å². The van der Waals surface area contributed by atoms with E-state index in [0.29, 0.717) is 24.4 Å². The highest BCUT2D eigenvalue weighted by Gasteiger charge is 2.41. The molecule has 2 bridgehead atoms. The molecule has 0 atom stereocenters. The zero-order chi connectivity index (χ0) is 12.3. The predicted octanol–water partition coefficient (Wildman–Crippen LogP) is 3.94. The average molecular weight is 238 g/mol. The Morgan fingerprint density at radius 1 is 1.24 bits per heavy atom. The molecule has 3 saturated carbocycles. The molecule has 3 aliphatic rings. The second-order valence-electron chi connectivity index (χ2n) is 6.58. The Labute approximate surface area is 105 Å². The van der Waals surface area contributed by atoms with E-state index in [-0.39, 0.29) is 5.97 Å². The Bertz CT molecular complexity index is 248. The van der Waals surface area contributed by atoms with Crippen molar-refractivity contribution in [1.29, 1.82) is 0 Å². The number of hydrogen-bond acceptors (Lipinski definition) is 2. The van der Waals surface area contributed by atoms with E-state index in [1.165, 1.54) is 38.5 Å². The van der Waals surface area contributed by atoms with Gasteiger partial charge >= 0.3 is 5.97 Å². The van der Waals surface area contributed by atoms with Crippen LogP contribution in [0, 0.1) is 17.3 Å². The van der Waals surface area contributed by atoms with Crippen molar-refractivity contribution in [3.63, 3.8) is 0 Å². The molecule has 0 aliphatic heterocycles. The summed E-state index contributed by atoms with van der Waals surface area (Å²) >= 11 is 0. The molecule has 0 aromatic heterocycles.